The number of allylic oxidation sites excluding steroid dienone is 2. The average molecular weight is 189 g/mol. The van der Waals surface area contributed by atoms with E-state index in [2.05, 4.69) is 43.6 Å². The van der Waals surface area contributed by atoms with Crippen LogP contribution in [-0.2, 0) is 6.42 Å². The lowest BCUT2D eigenvalue weighted by Crippen LogP contribution is -2.22. The third-order valence-electron chi connectivity index (χ3n) is 2.43. The Morgan fingerprint density at radius 3 is 2.64 bits per heavy atom. The first kappa shape index (κ1) is 10.8. The van der Waals surface area contributed by atoms with Gasteiger partial charge in [-0.15, -0.1) is 0 Å². The van der Waals surface area contributed by atoms with Gasteiger partial charge in [0.25, 0.3) is 0 Å². The minimum Gasteiger partial charge on any atom is -0.359 e. The number of rotatable bonds is 3. The van der Waals surface area contributed by atoms with E-state index in [1.54, 1.807) is 0 Å². The van der Waals surface area contributed by atoms with Gasteiger partial charge in [-0.2, -0.15) is 0 Å². The van der Waals surface area contributed by atoms with Gasteiger partial charge in [0.1, 0.15) is 0 Å². The molecule has 1 aromatic heterocycles. The van der Waals surface area contributed by atoms with Crippen LogP contribution in [-0.4, -0.2) is 4.98 Å². The number of hydrogen-bond donors (Lipinski definition) is 1. The summed E-state index contributed by atoms with van der Waals surface area (Å²) in [4.78, 5) is 3.30. The van der Waals surface area contributed by atoms with Gasteiger partial charge in [0.15, 0.2) is 0 Å². The number of H-pyrrole nitrogens is 1. The molecule has 1 N–H and O–H groups in total. The van der Waals surface area contributed by atoms with Gasteiger partial charge in [-0.1, -0.05) is 32.6 Å². The molecule has 1 heterocycles. The first-order chi connectivity index (χ1) is 6.72. The van der Waals surface area contributed by atoms with E-state index in [4.69, 9.17) is 0 Å². The molecule has 0 aliphatic rings. The summed E-state index contributed by atoms with van der Waals surface area (Å²) in [6.45, 7) is 10.4. The topological polar surface area (TPSA) is 15.8 Å². The van der Waals surface area contributed by atoms with Gasteiger partial charge in [0, 0.05) is 16.3 Å². The van der Waals surface area contributed by atoms with Crippen LogP contribution < -0.4 is 10.6 Å². The summed E-state index contributed by atoms with van der Waals surface area (Å²) in [7, 11) is 0. The molecule has 0 atom stereocenters. The zero-order chi connectivity index (χ0) is 10.6. The van der Waals surface area contributed by atoms with E-state index in [1.807, 2.05) is 6.92 Å². The van der Waals surface area contributed by atoms with E-state index in [9.17, 15) is 0 Å². The van der Waals surface area contributed by atoms with Crippen LogP contribution in [0.4, 0.5) is 0 Å². The lowest BCUT2D eigenvalue weighted by molar-refractivity contribution is 1.05. The summed E-state index contributed by atoms with van der Waals surface area (Å²) < 4.78 is 0. The minimum absolute atomic E-state index is 1.04. The third kappa shape index (κ3) is 2.16. The Labute approximate surface area is 85.9 Å². The van der Waals surface area contributed by atoms with Gasteiger partial charge in [0.2, 0.25) is 0 Å². The predicted molar refractivity (Wildman–Crippen MR) is 63.5 cm³/mol. The quantitative estimate of drug-likeness (QED) is 0.749. The van der Waals surface area contributed by atoms with Gasteiger partial charge in [-0.05, 0) is 31.4 Å². The zero-order valence-corrected chi connectivity index (χ0v) is 9.35. The normalized spacial score (nSPS) is 13.6. The monoisotopic (exact) mass is 189 g/mol. The van der Waals surface area contributed by atoms with Crippen molar-refractivity contribution in [1.29, 1.82) is 0 Å². The van der Waals surface area contributed by atoms with Crippen molar-refractivity contribution in [1.82, 2.24) is 4.98 Å². The molecule has 0 amide bonds. The summed E-state index contributed by atoms with van der Waals surface area (Å²) in [6, 6.07) is 2.21. The second kappa shape index (κ2) is 4.85. The Hall–Kier alpha value is -1.24. The van der Waals surface area contributed by atoms with Crippen LogP contribution in [0.2, 0.25) is 0 Å². The highest BCUT2D eigenvalue weighted by Gasteiger charge is 1.96. The van der Waals surface area contributed by atoms with E-state index in [0.717, 1.165) is 18.2 Å². The highest BCUT2D eigenvalue weighted by atomic mass is 14.7. The number of aryl methyl sites for hydroxylation is 1. The van der Waals surface area contributed by atoms with E-state index >= 15 is 0 Å². The van der Waals surface area contributed by atoms with Gasteiger partial charge < -0.3 is 4.98 Å². The van der Waals surface area contributed by atoms with Crippen molar-refractivity contribution in [3.8, 4) is 0 Å². The molecule has 0 bridgehead atoms. The van der Waals surface area contributed by atoms with Gasteiger partial charge in [-0.25, -0.2) is 0 Å². The molecule has 1 nitrogen and oxygen atoms in total. The maximum Gasteiger partial charge on any atom is 0.0385 e. The summed E-state index contributed by atoms with van der Waals surface area (Å²) in [6.07, 6.45) is 6.33. The highest BCUT2D eigenvalue weighted by Crippen LogP contribution is 2.01. The van der Waals surface area contributed by atoms with E-state index in [1.165, 1.54) is 16.5 Å². The highest BCUT2D eigenvalue weighted by molar-refractivity contribution is 5.56. The molecule has 14 heavy (non-hydrogen) atoms. The molecule has 0 aromatic carbocycles. The van der Waals surface area contributed by atoms with Crippen LogP contribution >= 0.6 is 0 Å². The molecule has 0 aliphatic heterocycles. The third-order valence-corrected chi connectivity index (χ3v) is 2.43. The fourth-order valence-electron chi connectivity index (χ4n) is 1.63. The Kier molecular flexibility index (Phi) is 3.75. The molecular weight excluding hydrogens is 170 g/mol. The maximum atomic E-state index is 4.03. The van der Waals surface area contributed by atoms with E-state index in [-0.39, 0.29) is 0 Å². The fourth-order valence-corrected chi connectivity index (χ4v) is 1.63. The molecule has 0 aliphatic carbocycles. The van der Waals surface area contributed by atoms with Gasteiger partial charge >= 0.3 is 0 Å². The standard InChI is InChI=1S/C13H19N/c1-5-8-11(6-2)13-9-12(7-3)14-10(13)4/h5,8-9,14H,4,6-7H2,1-3H3/b8-5-,13-11-. The molecule has 0 saturated carbocycles. The lowest BCUT2D eigenvalue weighted by Gasteiger charge is -1.93. The SMILES string of the molecule is C=c1[nH]c(CC)c/c1=C(/C=C\C)CC. The Bertz CT molecular complexity index is 421. The Balaban J connectivity index is 3.39. The Morgan fingerprint density at radius 1 is 1.50 bits per heavy atom. The van der Waals surface area contributed by atoms with Crippen molar-refractivity contribution in [2.75, 3.05) is 0 Å². The number of aromatic amines is 1. The molecule has 0 saturated heterocycles. The number of aromatic nitrogens is 1. The number of hydrogen-bond acceptors (Lipinski definition) is 0. The zero-order valence-electron chi connectivity index (χ0n) is 9.35. The maximum absolute atomic E-state index is 4.03. The Morgan fingerprint density at radius 2 is 2.21 bits per heavy atom. The van der Waals surface area contributed by atoms with Crippen molar-refractivity contribution >= 4 is 12.2 Å². The largest absolute Gasteiger partial charge is 0.359 e. The summed E-state index contributed by atoms with van der Waals surface area (Å²) in [5.41, 5.74) is 2.62. The van der Waals surface area contributed by atoms with Crippen LogP contribution in [0.15, 0.2) is 18.2 Å². The van der Waals surface area contributed by atoms with Gasteiger partial charge in [0.05, 0.1) is 0 Å². The molecule has 0 unspecified atom stereocenters. The molecule has 1 aromatic rings. The molecule has 0 spiro atoms. The second-order valence-electron chi connectivity index (χ2n) is 3.42. The number of nitrogens with one attached hydrogen (secondary N) is 1. The average Bonchev–Trinajstić information content (AvgIpc) is 2.56. The summed E-state index contributed by atoms with van der Waals surface area (Å²) in [5.74, 6) is 0. The lowest BCUT2D eigenvalue weighted by atomic mass is 10.1. The van der Waals surface area contributed by atoms with E-state index < -0.39 is 0 Å². The van der Waals surface area contributed by atoms with Crippen molar-refractivity contribution < 1.29 is 0 Å². The molecule has 1 rings (SSSR count). The molecule has 0 fully saturated rings. The fraction of sp³-hybridized carbons (Fsp3) is 0.385. The molecule has 0 radical (unpaired) electrons. The second-order valence-corrected chi connectivity index (χ2v) is 3.42. The van der Waals surface area contributed by atoms with Crippen molar-refractivity contribution in [3.05, 3.63) is 34.5 Å². The van der Waals surface area contributed by atoms with E-state index in [0.29, 0.717) is 0 Å². The minimum atomic E-state index is 1.04. The smallest absolute Gasteiger partial charge is 0.0385 e. The van der Waals surface area contributed by atoms with Crippen LogP contribution in [0.25, 0.3) is 12.2 Å². The summed E-state index contributed by atoms with van der Waals surface area (Å²) >= 11 is 0. The van der Waals surface area contributed by atoms with Crippen LogP contribution in [0.3, 0.4) is 0 Å². The predicted octanol–water partition coefficient (Wildman–Crippen LogP) is 2.12. The van der Waals surface area contributed by atoms with Crippen molar-refractivity contribution in [2.24, 2.45) is 0 Å². The first-order valence-electron chi connectivity index (χ1n) is 5.25. The summed E-state index contributed by atoms with van der Waals surface area (Å²) in [5, 5.41) is 2.30. The molecular formula is C13H19N. The van der Waals surface area contributed by atoms with Crippen LogP contribution in [0.1, 0.15) is 32.9 Å². The van der Waals surface area contributed by atoms with Crippen molar-refractivity contribution in [3.63, 3.8) is 0 Å². The van der Waals surface area contributed by atoms with Gasteiger partial charge in [-0.3, -0.25) is 0 Å². The molecule has 76 valence electrons. The first-order valence-corrected chi connectivity index (χ1v) is 5.25. The van der Waals surface area contributed by atoms with Crippen LogP contribution in [0, 0.1) is 0 Å². The molecule has 1 heteroatoms. The van der Waals surface area contributed by atoms with Crippen molar-refractivity contribution in [2.45, 2.75) is 33.6 Å². The van der Waals surface area contributed by atoms with Crippen LogP contribution in [0.5, 0.6) is 0 Å².